The molecule has 5 heteroatoms. The van der Waals surface area contributed by atoms with Crippen LogP contribution in [0.3, 0.4) is 0 Å². The molecule has 0 bridgehead atoms. The molecule has 3 N–H and O–H groups in total. The third kappa shape index (κ3) is 4.91. The minimum Gasteiger partial charge on any atom is -0.394 e. The van der Waals surface area contributed by atoms with Gasteiger partial charge in [-0.15, -0.1) is 0 Å². The van der Waals surface area contributed by atoms with E-state index >= 15 is 0 Å². The van der Waals surface area contributed by atoms with E-state index in [1.807, 2.05) is 38.1 Å². The molecule has 0 saturated heterocycles. The topological polar surface area (TPSA) is 64.6 Å². The molecule has 2 amide bonds. The Balaban J connectivity index is 2.70. The molecule has 124 valence electrons. The molecule has 1 aromatic carbocycles. The van der Waals surface area contributed by atoms with Gasteiger partial charge in [-0.1, -0.05) is 6.92 Å². The number of hydrogen-bond acceptors (Lipinski definition) is 3. The first-order valence-electron chi connectivity index (χ1n) is 7.92. The summed E-state index contributed by atoms with van der Waals surface area (Å²) in [7, 11) is 0. The lowest BCUT2D eigenvalue weighted by Gasteiger charge is -2.28. The van der Waals surface area contributed by atoms with E-state index in [1.54, 1.807) is 0 Å². The van der Waals surface area contributed by atoms with E-state index in [0.717, 1.165) is 17.9 Å². The van der Waals surface area contributed by atoms with Crippen LogP contribution >= 0.6 is 0 Å². The summed E-state index contributed by atoms with van der Waals surface area (Å²) in [5.74, 6) is 0. The van der Waals surface area contributed by atoms with E-state index in [1.165, 1.54) is 0 Å². The summed E-state index contributed by atoms with van der Waals surface area (Å²) in [6, 6.07) is 7.92. The van der Waals surface area contributed by atoms with Gasteiger partial charge in [0.05, 0.1) is 12.1 Å². The Hall–Kier alpha value is -1.75. The zero-order chi connectivity index (χ0) is 16.8. The number of carbonyl (C=O) groups excluding carboxylic acids is 1. The van der Waals surface area contributed by atoms with Crippen molar-refractivity contribution in [3.05, 3.63) is 24.3 Å². The molecule has 0 aliphatic rings. The van der Waals surface area contributed by atoms with E-state index in [0.29, 0.717) is 12.5 Å². The second-order valence-corrected chi connectivity index (χ2v) is 6.08. The van der Waals surface area contributed by atoms with Gasteiger partial charge in [0.15, 0.2) is 0 Å². The first-order chi connectivity index (χ1) is 10.3. The van der Waals surface area contributed by atoms with Crippen molar-refractivity contribution in [1.82, 2.24) is 5.32 Å². The Bertz CT molecular complexity index is 467. The number of amides is 2. The van der Waals surface area contributed by atoms with Crippen LogP contribution in [0.1, 0.15) is 41.0 Å². The van der Waals surface area contributed by atoms with E-state index in [-0.39, 0.29) is 12.6 Å². The van der Waals surface area contributed by atoms with Crippen LogP contribution in [0.4, 0.5) is 16.2 Å². The summed E-state index contributed by atoms with van der Waals surface area (Å²) in [6.07, 6.45) is 0.662. The fraction of sp³-hybridized carbons (Fsp3) is 0.588. The summed E-state index contributed by atoms with van der Waals surface area (Å²) >= 11 is 0. The van der Waals surface area contributed by atoms with Crippen molar-refractivity contribution < 1.29 is 9.90 Å². The molecule has 0 aliphatic carbocycles. The maximum absolute atomic E-state index is 12.0. The minimum absolute atomic E-state index is 0.0876. The second kappa shape index (κ2) is 8.03. The van der Waals surface area contributed by atoms with Crippen LogP contribution < -0.4 is 15.5 Å². The van der Waals surface area contributed by atoms with Gasteiger partial charge < -0.3 is 20.6 Å². The lowest BCUT2D eigenvalue weighted by Crippen LogP contribution is -2.50. The van der Waals surface area contributed by atoms with E-state index in [2.05, 4.69) is 36.3 Å². The van der Waals surface area contributed by atoms with Crippen LogP contribution in [0.15, 0.2) is 24.3 Å². The molecule has 0 fully saturated rings. The van der Waals surface area contributed by atoms with Gasteiger partial charge in [-0.05, 0) is 58.4 Å². The number of aliphatic hydroxyl groups is 1. The molecule has 22 heavy (non-hydrogen) atoms. The summed E-state index contributed by atoms with van der Waals surface area (Å²) in [4.78, 5) is 14.3. The van der Waals surface area contributed by atoms with Crippen LogP contribution in [-0.4, -0.2) is 35.9 Å². The fourth-order valence-corrected chi connectivity index (χ4v) is 2.26. The number of carbonyl (C=O) groups is 1. The largest absolute Gasteiger partial charge is 0.394 e. The van der Waals surface area contributed by atoms with Gasteiger partial charge in [0, 0.05) is 24.0 Å². The molecule has 1 atom stereocenters. The maximum atomic E-state index is 12.0. The average Bonchev–Trinajstić information content (AvgIpc) is 2.49. The lowest BCUT2D eigenvalue weighted by molar-refractivity contribution is 0.172. The fourth-order valence-electron chi connectivity index (χ4n) is 2.26. The van der Waals surface area contributed by atoms with Crippen LogP contribution in [0.25, 0.3) is 0 Å². The van der Waals surface area contributed by atoms with Crippen molar-refractivity contribution in [1.29, 1.82) is 0 Å². The number of urea groups is 1. The highest BCUT2D eigenvalue weighted by Crippen LogP contribution is 2.20. The van der Waals surface area contributed by atoms with Crippen LogP contribution in [0.5, 0.6) is 0 Å². The van der Waals surface area contributed by atoms with Gasteiger partial charge in [-0.3, -0.25) is 0 Å². The molecule has 0 saturated carbocycles. The smallest absolute Gasteiger partial charge is 0.319 e. The highest BCUT2D eigenvalue weighted by atomic mass is 16.3. The number of nitrogens with zero attached hydrogens (tertiary/aromatic N) is 1. The Kier molecular flexibility index (Phi) is 6.68. The molecule has 0 spiro atoms. The lowest BCUT2D eigenvalue weighted by atomic mass is 10.0. The highest BCUT2D eigenvalue weighted by molar-refractivity contribution is 5.90. The average molecular weight is 307 g/mol. The predicted octanol–water partition coefficient (Wildman–Crippen LogP) is 3.20. The number of aliphatic hydroxyl groups excluding tert-OH is 1. The molecular formula is C17H29N3O2. The summed E-state index contributed by atoms with van der Waals surface area (Å²) < 4.78 is 0. The molecule has 1 aromatic rings. The Morgan fingerprint density at radius 1 is 1.27 bits per heavy atom. The van der Waals surface area contributed by atoms with E-state index < -0.39 is 5.54 Å². The minimum atomic E-state index is -0.597. The van der Waals surface area contributed by atoms with E-state index in [4.69, 9.17) is 0 Å². The monoisotopic (exact) mass is 307 g/mol. The molecule has 1 rings (SSSR count). The molecule has 5 nitrogen and oxygen atoms in total. The molecule has 0 radical (unpaired) electrons. The number of rotatable bonds is 7. The Morgan fingerprint density at radius 3 is 2.27 bits per heavy atom. The van der Waals surface area contributed by atoms with Crippen molar-refractivity contribution in [3.8, 4) is 0 Å². The number of anilines is 2. The number of hydrogen-bond donors (Lipinski definition) is 3. The van der Waals surface area contributed by atoms with Gasteiger partial charge >= 0.3 is 6.03 Å². The van der Waals surface area contributed by atoms with E-state index in [9.17, 15) is 9.90 Å². The van der Waals surface area contributed by atoms with Crippen LogP contribution in [0.2, 0.25) is 0 Å². The quantitative estimate of drug-likeness (QED) is 0.725. The van der Waals surface area contributed by atoms with Crippen LogP contribution in [-0.2, 0) is 0 Å². The van der Waals surface area contributed by atoms with Gasteiger partial charge in [0.25, 0.3) is 0 Å². The third-order valence-corrected chi connectivity index (χ3v) is 3.97. The normalized spacial score (nSPS) is 13.6. The zero-order valence-electron chi connectivity index (χ0n) is 14.3. The Morgan fingerprint density at radius 2 is 1.86 bits per heavy atom. The summed E-state index contributed by atoms with van der Waals surface area (Å²) in [5, 5.41) is 14.9. The SMILES string of the molecule is CCN(c1ccc(NC(=O)NC(C)(CC)CO)cc1)C(C)C. The second-order valence-electron chi connectivity index (χ2n) is 6.08. The van der Waals surface area contributed by atoms with Crippen molar-refractivity contribution >= 4 is 17.4 Å². The first-order valence-corrected chi connectivity index (χ1v) is 7.92. The van der Waals surface area contributed by atoms with Gasteiger partial charge in [-0.2, -0.15) is 0 Å². The molecular weight excluding hydrogens is 278 g/mol. The maximum Gasteiger partial charge on any atom is 0.319 e. The first kappa shape index (κ1) is 18.3. The standard InChI is InChI=1S/C17H29N3O2/c1-6-17(5,12-21)19-16(22)18-14-8-10-15(11-9-14)20(7-2)13(3)4/h8-11,13,21H,6-7,12H2,1-5H3,(H2,18,19,22). The summed E-state index contributed by atoms with van der Waals surface area (Å²) in [6.45, 7) is 11.0. The van der Waals surface area contributed by atoms with Crippen molar-refractivity contribution in [3.63, 3.8) is 0 Å². The molecule has 0 heterocycles. The molecule has 0 aromatic heterocycles. The number of benzene rings is 1. The Labute approximate surface area is 133 Å². The summed E-state index contributed by atoms with van der Waals surface area (Å²) in [5.41, 5.74) is 1.27. The van der Waals surface area contributed by atoms with Crippen molar-refractivity contribution in [2.75, 3.05) is 23.4 Å². The highest BCUT2D eigenvalue weighted by Gasteiger charge is 2.23. The third-order valence-electron chi connectivity index (χ3n) is 3.97. The van der Waals surface area contributed by atoms with Crippen molar-refractivity contribution in [2.45, 2.75) is 52.6 Å². The predicted molar refractivity (Wildman–Crippen MR) is 92.5 cm³/mol. The number of nitrogens with one attached hydrogen (secondary N) is 2. The van der Waals surface area contributed by atoms with Gasteiger partial charge in [0.2, 0.25) is 0 Å². The zero-order valence-corrected chi connectivity index (χ0v) is 14.3. The van der Waals surface area contributed by atoms with Gasteiger partial charge in [0.1, 0.15) is 0 Å². The molecule has 1 unspecified atom stereocenters. The van der Waals surface area contributed by atoms with Crippen LogP contribution in [0, 0.1) is 0 Å². The molecule has 0 aliphatic heterocycles. The van der Waals surface area contributed by atoms with Crippen molar-refractivity contribution in [2.24, 2.45) is 0 Å². The van der Waals surface area contributed by atoms with Gasteiger partial charge in [-0.25, -0.2) is 4.79 Å².